The van der Waals surface area contributed by atoms with Crippen molar-refractivity contribution in [3.63, 3.8) is 0 Å². The van der Waals surface area contributed by atoms with Gasteiger partial charge >= 0.3 is 0 Å². The van der Waals surface area contributed by atoms with Crippen LogP contribution in [0, 0.1) is 0 Å². The third-order valence-corrected chi connectivity index (χ3v) is 2.38. The van der Waals surface area contributed by atoms with E-state index < -0.39 is 0 Å². The molecule has 0 amide bonds. The molecular weight excluding hydrogens is 206 g/mol. The predicted molar refractivity (Wildman–Crippen MR) is 61.4 cm³/mol. The summed E-state index contributed by atoms with van der Waals surface area (Å²) in [7, 11) is 4.80. The second kappa shape index (κ2) is 4.26. The van der Waals surface area contributed by atoms with E-state index in [-0.39, 0.29) is 0 Å². The highest BCUT2D eigenvalue weighted by molar-refractivity contribution is 5.83. The van der Waals surface area contributed by atoms with Crippen LogP contribution in [0.5, 0.6) is 17.4 Å². The van der Waals surface area contributed by atoms with Gasteiger partial charge < -0.3 is 14.2 Å². The van der Waals surface area contributed by atoms with Crippen molar-refractivity contribution in [3.05, 3.63) is 24.3 Å². The predicted octanol–water partition coefficient (Wildman–Crippen LogP) is 2.26. The van der Waals surface area contributed by atoms with E-state index in [1.54, 1.807) is 21.3 Å². The molecule has 4 heteroatoms. The van der Waals surface area contributed by atoms with Gasteiger partial charge in [0, 0.05) is 17.5 Å². The van der Waals surface area contributed by atoms with Gasteiger partial charge in [-0.05, 0) is 12.1 Å². The van der Waals surface area contributed by atoms with Gasteiger partial charge in [-0.3, -0.25) is 0 Å². The van der Waals surface area contributed by atoms with Gasteiger partial charge in [0.25, 0.3) is 0 Å². The minimum Gasteiger partial charge on any atom is -0.493 e. The first-order chi connectivity index (χ1) is 7.78. The number of pyridine rings is 1. The van der Waals surface area contributed by atoms with Crippen LogP contribution in [0.4, 0.5) is 0 Å². The number of aromatic nitrogens is 1. The molecule has 0 aliphatic carbocycles. The standard InChI is InChI=1S/C12H13NO3/c1-14-10-6-8-4-5-12(16-3)13-9(8)7-11(10)15-2/h4-7H,1-3H3. The van der Waals surface area contributed by atoms with E-state index in [1.165, 1.54) is 0 Å². The fraction of sp³-hybridized carbons (Fsp3) is 0.250. The first-order valence-electron chi connectivity index (χ1n) is 4.85. The molecule has 0 saturated heterocycles. The van der Waals surface area contributed by atoms with Crippen molar-refractivity contribution in [1.82, 2.24) is 4.98 Å². The normalized spacial score (nSPS) is 10.2. The Kier molecular flexibility index (Phi) is 2.81. The maximum absolute atomic E-state index is 5.22. The van der Waals surface area contributed by atoms with E-state index in [4.69, 9.17) is 14.2 Å². The number of nitrogens with zero attached hydrogens (tertiary/aromatic N) is 1. The molecule has 0 bridgehead atoms. The van der Waals surface area contributed by atoms with E-state index in [9.17, 15) is 0 Å². The van der Waals surface area contributed by atoms with Crippen LogP contribution in [0.25, 0.3) is 10.9 Å². The molecule has 2 aromatic rings. The number of hydrogen-bond donors (Lipinski definition) is 0. The molecule has 1 heterocycles. The summed E-state index contributed by atoms with van der Waals surface area (Å²) in [5.74, 6) is 1.94. The molecule has 2 rings (SSSR count). The Bertz CT molecular complexity index is 511. The van der Waals surface area contributed by atoms with E-state index in [1.807, 2.05) is 24.3 Å². The smallest absolute Gasteiger partial charge is 0.213 e. The highest BCUT2D eigenvalue weighted by Crippen LogP contribution is 2.31. The van der Waals surface area contributed by atoms with E-state index in [0.717, 1.165) is 10.9 Å². The molecule has 16 heavy (non-hydrogen) atoms. The van der Waals surface area contributed by atoms with Crippen molar-refractivity contribution >= 4 is 10.9 Å². The Morgan fingerprint density at radius 3 is 2.19 bits per heavy atom. The maximum atomic E-state index is 5.22. The van der Waals surface area contributed by atoms with Gasteiger partial charge in [-0.2, -0.15) is 0 Å². The summed E-state index contributed by atoms with van der Waals surface area (Å²) in [5.41, 5.74) is 0.817. The van der Waals surface area contributed by atoms with Gasteiger partial charge in [-0.25, -0.2) is 4.98 Å². The lowest BCUT2D eigenvalue weighted by molar-refractivity contribution is 0.355. The largest absolute Gasteiger partial charge is 0.493 e. The summed E-state index contributed by atoms with van der Waals surface area (Å²) in [5, 5.41) is 0.985. The highest BCUT2D eigenvalue weighted by atomic mass is 16.5. The van der Waals surface area contributed by atoms with Crippen LogP contribution in [-0.2, 0) is 0 Å². The molecule has 4 nitrogen and oxygen atoms in total. The Morgan fingerprint density at radius 1 is 0.875 bits per heavy atom. The molecule has 0 unspecified atom stereocenters. The zero-order chi connectivity index (χ0) is 11.5. The van der Waals surface area contributed by atoms with Gasteiger partial charge in [-0.15, -0.1) is 0 Å². The summed E-state index contributed by atoms with van der Waals surface area (Å²) >= 11 is 0. The summed E-state index contributed by atoms with van der Waals surface area (Å²) in [6.45, 7) is 0. The number of fused-ring (bicyclic) bond motifs is 1. The van der Waals surface area contributed by atoms with E-state index in [2.05, 4.69) is 4.98 Å². The van der Waals surface area contributed by atoms with E-state index in [0.29, 0.717) is 17.4 Å². The van der Waals surface area contributed by atoms with E-state index >= 15 is 0 Å². The third kappa shape index (κ3) is 1.74. The summed E-state index contributed by atoms with van der Waals surface area (Å²) in [6.07, 6.45) is 0. The van der Waals surface area contributed by atoms with Crippen molar-refractivity contribution in [2.45, 2.75) is 0 Å². The molecule has 0 N–H and O–H groups in total. The summed E-state index contributed by atoms with van der Waals surface area (Å²) in [6, 6.07) is 7.47. The first kappa shape index (κ1) is 10.5. The Labute approximate surface area is 93.8 Å². The van der Waals surface area contributed by atoms with Gasteiger partial charge in [-0.1, -0.05) is 0 Å². The third-order valence-electron chi connectivity index (χ3n) is 2.38. The molecule has 1 aromatic carbocycles. The number of methoxy groups -OCH3 is 3. The molecule has 0 saturated carbocycles. The van der Waals surface area contributed by atoms with Crippen LogP contribution >= 0.6 is 0 Å². The minimum absolute atomic E-state index is 0.583. The fourth-order valence-electron chi connectivity index (χ4n) is 1.55. The molecule has 1 aromatic heterocycles. The molecule has 0 spiro atoms. The monoisotopic (exact) mass is 219 g/mol. The van der Waals surface area contributed by atoms with Crippen molar-refractivity contribution < 1.29 is 14.2 Å². The average molecular weight is 219 g/mol. The quantitative estimate of drug-likeness (QED) is 0.794. The number of ether oxygens (including phenoxy) is 3. The second-order valence-electron chi connectivity index (χ2n) is 3.25. The van der Waals surface area contributed by atoms with Gasteiger partial charge in [0.05, 0.1) is 26.8 Å². The highest BCUT2D eigenvalue weighted by Gasteiger charge is 2.07. The zero-order valence-corrected chi connectivity index (χ0v) is 9.48. The summed E-state index contributed by atoms with van der Waals surface area (Å²) in [4.78, 5) is 4.32. The van der Waals surface area contributed by atoms with Crippen molar-refractivity contribution in [1.29, 1.82) is 0 Å². The Morgan fingerprint density at radius 2 is 1.56 bits per heavy atom. The second-order valence-corrected chi connectivity index (χ2v) is 3.25. The van der Waals surface area contributed by atoms with Crippen LogP contribution in [0.3, 0.4) is 0 Å². The van der Waals surface area contributed by atoms with Crippen molar-refractivity contribution in [2.75, 3.05) is 21.3 Å². The fourth-order valence-corrected chi connectivity index (χ4v) is 1.55. The van der Waals surface area contributed by atoms with Gasteiger partial charge in [0.1, 0.15) is 0 Å². The molecular formula is C12H13NO3. The van der Waals surface area contributed by atoms with Crippen LogP contribution in [-0.4, -0.2) is 26.3 Å². The number of hydrogen-bond acceptors (Lipinski definition) is 4. The van der Waals surface area contributed by atoms with Gasteiger partial charge in [0.2, 0.25) is 5.88 Å². The number of benzene rings is 1. The first-order valence-corrected chi connectivity index (χ1v) is 4.85. The molecule has 84 valence electrons. The molecule has 0 aliphatic heterocycles. The minimum atomic E-state index is 0.583. The van der Waals surface area contributed by atoms with Crippen LogP contribution in [0.15, 0.2) is 24.3 Å². The maximum Gasteiger partial charge on any atom is 0.213 e. The SMILES string of the molecule is COc1ccc2cc(OC)c(OC)cc2n1. The lowest BCUT2D eigenvalue weighted by atomic mass is 10.2. The Hall–Kier alpha value is -1.97. The van der Waals surface area contributed by atoms with Crippen molar-refractivity contribution in [3.8, 4) is 17.4 Å². The van der Waals surface area contributed by atoms with Crippen molar-refractivity contribution in [2.24, 2.45) is 0 Å². The molecule has 0 fully saturated rings. The molecule has 0 radical (unpaired) electrons. The molecule has 0 atom stereocenters. The topological polar surface area (TPSA) is 40.6 Å². The van der Waals surface area contributed by atoms with Crippen LogP contribution in [0.1, 0.15) is 0 Å². The number of rotatable bonds is 3. The molecule has 0 aliphatic rings. The zero-order valence-electron chi connectivity index (χ0n) is 9.48. The average Bonchev–Trinajstić information content (AvgIpc) is 2.36. The lowest BCUT2D eigenvalue weighted by Crippen LogP contribution is -1.92. The van der Waals surface area contributed by atoms with Crippen LogP contribution in [0.2, 0.25) is 0 Å². The summed E-state index contributed by atoms with van der Waals surface area (Å²) < 4.78 is 15.5. The van der Waals surface area contributed by atoms with Crippen LogP contribution < -0.4 is 14.2 Å². The lowest BCUT2D eigenvalue weighted by Gasteiger charge is -2.09. The van der Waals surface area contributed by atoms with Gasteiger partial charge in [0.15, 0.2) is 11.5 Å². The Balaban J connectivity index is 2.63.